The summed E-state index contributed by atoms with van der Waals surface area (Å²) < 4.78 is 26.0. The number of hydrogen-bond acceptors (Lipinski definition) is 5. The maximum absolute atomic E-state index is 12.7. The van der Waals surface area contributed by atoms with E-state index in [-0.39, 0.29) is 30.3 Å². The number of nitrogens with zero attached hydrogens (tertiary/aromatic N) is 1. The molecular formula is C17H25N3O6S. The fraction of sp³-hybridized carbons (Fsp3) is 0.471. The Bertz CT molecular complexity index is 776. The SMILES string of the molecule is CCCS(=O)(=O)Nc1ccc(C(=O)N(CCNC(C)=O)C(C)C(=O)O)cc1. The van der Waals surface area contributed by atoms with E-state index in [2.05, 4.69) is 10.0 Å². The van der Waals surface area contributed by atoms with Crippen LogP contribution in [0.5, 0.6) is 0 Å². The second-order valence-electron chi connectivity index (χ2n) is 5.99. The molecule has 0 radical (unpaired) electrons. The zero-order valence-electron chi connectivity index (χ0n) is 15.6. The van der Waals surface area contributed by atoms with Gasteiger partial charge in [-0.15, -0.1) is 0 Å². The predicted octanol–water partition coefficient (Wildman–Crippen LogP) is 0.890. The lowest BCUT2D eigenvalue weighted by molar-refractivity contribution is -0.141. The third-order valence-electron chi connectivity index (χ3n) is 3.69. The Morgan fingerprint density at radius 2 is 1.78 bits per heavy atom. The first-order chi connectivity index (χ1) is 12.6. The molecular weight excluding hydrogens is 374 g/mol. The highest BCUT2D eigenvalue weighted by atomic mass is 32.2. The fourth-order valence-electron chi connectivity index (χ4n) is 2.30. The molecule has 27 heavy (non-hydrogen) atoms. The highest BCUT2D eigenvalue weighted by Gasteiger charge is 2.26. The number of carboxylic acid groups (broad SMARTS) is 1. The normalized spacial score (nSPS) is 12.1. The lowest BCUT2D eigenvalue weighted by Crippen LogP contribution is -2.46. The van der Waals surface area contributed by atoms with Crippen molar-refractivity contribution in [2.75, 3.05) is 23.6 Å². The molecule has 10 heteroatoms. The van der Waals surface area contributed by atoms with Crippen LogP contribution in [0.1, 0.15) is 37.6 Å². The van der Waals surface area contributed by atoms with Crippen LogP contribution in [0.2, 0.25) is 0 Å². The number of hydrogen-bond donors (Lipinski definition) is 3. The Balaban J connectivity index is 2.94. The van der Waals surface area contributed by atoms with E-state index < -0.39 is 27.9 Å². The fourth-order valence-corrected chi connectivity index (χ4v) is 3.44. The number of amides is 2. The number of carbonyl (C=O) groups excluding carboxylic acids is 2. The van der Waals surface area contributed by atoms with Gasteiger partial charge >= 0.3 is 5.97 Å². The molecule has 0 spiro atoms. The van der Waals surface area contributed by atoms with Gasteiger partial charge in [0.05, 0.1) is 5.75 Å². The number of aliphatic carboxylic acids is 1. The van der Waals surface area contributed by atoms with Gasteiger partial charge in [-0.2, -0.15) is 0 Å². The largest absolute Gasteiger partial charge is 0.480 e. The molecule has 1 aromatic carbocycles. The average molecular weight is 399 g/mol. The van der Waals surface area contributed by atoms with Crippen LogP contribution in [0.4, 0.5) is 5.69 Å². The van der Waals surface area contributed by atoms with Crippen molar-refractivity contribution in [3.05, 3.63) is 29.8 Å². The molecule has 150 valence electrons. The van der Waals surface area contributed by atoms with Gasteiger partial charge in [0.15, 0.2) is 0 Å². The van der Waals surface area contributed by atoms with Crippen LogP contribution < -0.4 is 10.0 Å². The Morgan fingerprint density at radius 3 is 2.26 bits per heavy atom. The number of sulfonamides is 1. The number of carbonyl (C=O) groups is 3. The van der Waals surface area contributed by atoms with E-state index in [1.54, 1.807) is 6.92 Å². The van der Waals surface area contributed by atoms with E-state index in [1.807, 2.05) is 0 Å². The first kappa shape index (κ1) is 22.4. The van der Waals surface area contributed by atoms with E-state index in [0.717, 1.165) is 4.90 Å². The van der Waals surface area contributed by atoms with E-state index >= 15 is 0 Å². The van der Waals surface area contributed by atoms with Gasteiger partial charge in [0, 0.05) is 31.3 Å². The number of carboxylic acids is 1. The Hall–Kier alpha value is -2.62. The molecule has 0 aliphatic heterocycles. The monoisotopic (exact) mass is 399 g/mol. The molecule has 0 heterocycles. The van der Waals surface area contributed by atoms with Gasteiger partial charge in [0.1, 0.15) is 6.04 Å². The maximum atomic E-state index is 12.7. The summed E-state index contributed by atoms with van der Waals surface area (Å²) in [6, 6.07) is 4.64. The van der Waals surface area contributed by atoms with Crippen LogP contribution in [0.3, 0.4) is 0 Å². The van der Waals surface area contributed by atoms with Crippen LogP contribution >= 0.6 is 0 Å². The van der Waals surface area contributed by atoms with E-state index in [4.69, 9.17) is 0 Å². The molecule has 9 nitrogen and oxygen atoms in total. The minimum atomic E-state index is -3.44. The van der Waals surface area contributed by atoms with Crippen molar-refractivity contribution in [1.29, 1.82) is 0 Å². The Labute approximate surface area is 158 Å². The van der Waals surface area contributed by atoms with E-state index in [9.17, 15) is 27.9 Å². The zero-order valence-corrected chi connectivity index (χ0v) is 16.4. The van der Waals surface area contributed by atoms with Crippen molar-refractivity contribution in [1.82, 2.24) is 10.2 Å². The van der Waals surface area contributed by atoms with Crippen molar-refractivity contribution in [2.45, 2.75) is 33.2 Å². The van der Waals surface area contributed by atoms with Gasteiger partial charge in [-0.05, 0) is 37.6 Å². The highest BCUT2D eigenvalue weighted by Crippen LogP contribution is 2.15. The molecule has 0 saturated carbocycles. The van der Waals surface area contributed by atoms with Crippen molar-refractivity contribution in [3.8, 4) is 0 Å². The molecule has 1 unspecified atom stereocenters. The molecule has 0 aromatic heterocycles. The standard InChI is InChI=1S/C17H25N3O6S/c1-4-11-27(25,26)19-15-7-5-14(6-8-15)16(22)20(12(2)17(23)24)10-9-18-13(3)21/h5-8,12,19H,4,9-11H2,1-3H3,(H,18,21)(H,23,24). The summed E-state index contributed by atoms with van der Waals surface area (Å²) in [6.45, 7) is 4.59. The second kappa shape index (κ2) is 9.91. The lowest BCUT2D eigenvalue weighted by Gasteiger charge is -2.26. The summed E-state index contributed by atoms with van der Waals surface area (Å²) in [7, 11) is -3.44. The highest BCUT2D eigenvalue weighted by molar-refractivity contribution is 7.92. The first-order valence-corrected chi connectivity index (χ1v) is 10.1. The summed E-state index contributed by atoms with van der Waals surface area (Å²) in [4.78, 5) is 36.1. The van der Waals surface area contributed by atoms with Crippen molar-refractivity contribution in [3.63, 3.8) is 0 Å². The predicted molar refractivity (Wildman–Crippen MR) is 101 cm³/mol. The van der Waals surface area contributed by atoms with Crippen LogP contribution in [-0.4, -0.2) is 61.1 Å². The minimum absolute atomic E-state index is 0.0132. The van der Waals surface area contributed by atoms with Gasteiger partial charge in [-0.1, -0.05) is 6.92 Å². The Morgan fingerprint density at radius 1 is 1.19 bits per heavy atom. The second-order valence-corrected chi connectivity index (χ2v) is 7.84. The summed E-state index contributed by atoms with van der Waals surface area (Å²) >= 11 is 0. The number of benzene rings is 1. The topological polar surface area (TPSA) is 133 Å². The van der Waals surface area contributed by atoms with Crippen molar-refractivity contribution < 1.29 is 27.9 Å². The smallest absolute Gasteiger partial charge is 0.326 e. The van der Waals surface area contributed by atoms with Crippen molar-refractivity contribution >= 4 is 33.5 Å². The third kappa shape index (κ3) is 7.26. The van der Waals surface area contributed by atoms with Crippen LogP contribution in [0, 0.1) is 0 Å². The third-order valence-corrected chi connectivity index (χ3v) is 5.18. The summed E-state index contributed by atoms with van der Waals surface area (Å²) in [5, 5.41) is 11.7. The summed E-state index contributed by atoms with van der Waals surface area (Å²) in [5.41, 5.74) is 0.528. The van der Waals surface area contributed by atoms with Gasteiger partial charge < -0.3 is 15.3 Å². The lowest BCUT2D eigenvalue weighted by atomic mass is 10.1. The van der Waals surface area contributed by atoms with Crippen LogP contribution in [0.25, 0.3) is 0 Å². The summed E-state index contributed by atoms with van der Waals surface area (Å²) in [5.74, 6) is -2.00. The molecule has 3 N–H and O–H groups in total. The molecule has 2 amide bonds. The quantitative estimate of drug-likeness (QED) is 0.535. The van der Waals surface area contributed by atoms with Gasteiger partial charge in [0.25, 0.3) is 5.91 Å². The average Bonchev–Trinajstić information content (AvgIpc) is 2.57. The molecule has 1 atom stereocenters. The molecule has 1 rings (SSSR count). The molecule has 0 bridgehead atoms. The van der Waals surface area contributed by atoms with Crippen molar-refractivity contribution in [2.24, 2.45) is 0 Å². The molecule has 0 aliphatic carbocycles. The number of anilines is 1. The Kier molecular flexibility index (Phi) is 8.23. The summed E-state index contributed by atoms with van der Waals surface area (Å²) in [6.07, 6.45) is 0.474. The van der Waals surface area contributed by atoms with E-state index in [0.29, 0.717) is 12.1 Å². The first-order valence-electron chi connectivity index (χ1n) is 8.46. The van der Waals surface area contributed by atoms with Crippen LogP contribution in [-0.2, 0) is 19.6 Å². The van der Waals surface area contributed by atoms with Gasteiger partial charge in [-0.3, -0.25) is 14.3 Å². The zero-order chi connectivity index (χ0) is 20.6. The van der Waals surface area contributed by atoms with Crippen LogP contribution in [0.15, 0.2) is 24.3 Å². The van der Waals surface area contributed by atoms with Gasteiger partial charge in [-0.25, -0.2) is 13.2 Å². The van der Waals surface area contributed by atoms with E-state index in [1.165, 1.54) is 38.1 Å². The molecule has 0 saturated heterocycles. The molecule has 0 fully saturated rings. The van der Waals surface area contributed by atoms with Gasteiger partial charge in [0.2, 0.25) is 15.9 Å². The molecule has 1 aromatic rings. The molecule has 0 aliphatic rings. The number of nitrogens with one attached hydrogen (secondary N) is 2. The maximum Gasteiger partial charge on any atom is 0.326 e. The minimum Gasteiger partial charge on any atom is -0.480 e. The number of rotatable bonds is 10.